The van der Waals surface area contributed by atoms with Crippen LogP contribution < -0.4 is 5.73 Å². The highest BCUT2D eigenvalue weighted by atomic mass is 14.7. The predicted octanol–water partition coefficient (Wildman–Crippen LogP) is 3.42. The van der Waals surface area contributed by atoms with Gasteiger partial charge in [-0.05, 0) is 36.1 Å². The molecule has 0 amide bonds. The molecule has 2 N–H and O–H groups in total. The lowest BCUT2D eigenvalue weighted by atomic mass is 9.85. The van der Waals surface area contributed by atoms with Crippen molar-refractivity contribution in [2.24, 2.45) is 0 Å². The summed E-state index contributed by atoms with van der Waals surface area (Å²) in [5.74, 6) is 0. The van der Waals surface area contributed by atoms with E-state index >= 15 is 0 Å². The van der Waals surface area contributed by atoms with E-state index in [1.807, 2.05) is 19.1 Å². The standard InChI is InChI=1S/C14H18N2/c1-9-5-6-10-12(15)8-7-11(13(10)16-9)14(2,3)4/h5-8H,15H2,1-4H3. The van der Waals surface area contributed by atoms with Gasteiger partial charge >= 0.3 is 0 Å². The van der Waals surface area contributed by atoms with Gasteiger partial charge in [0, 0.05) is 16.8 Å². The van der Waals surface area contributed by atoms with Gasteiger partial charge in [-0.1, -0.05) is 26.8 Å². The molecule has 1 heterocycles. The second kappa shape index (κ2) is 3.48. The van der Waals surface area contributed by atoms with Crippen molar-refractivity contribution in [2.45, 2.75) is 33.1 Å². The predicted molar refractivity (Wildman–Crippen MR) is 69.6 cm³/mol. The Labute approximate surface area is 96.5 Å². The summed E-state index contributed by atoms with van der Waals surface area (Å²) in [6.07, 6.45) is 0. The molecule has 16 heavy (non-hydrogen) atoms. The van der Waals surface area contributed by atoms with Gasteiger partial charge in [-0.15, -0.1) is 0 Å². The largest absolute Gasteiger partial charge is 0.398 e. The summed E-state index contributed by atoms with van der Waals surface area (Å²) < 4.78 is 0. The zero-order valence-electron chi connectivity index (χ0n) is 10.3. The number of nitrogens with two attached hydrogens (primary N) is 1. The van der Waals surface area contributed by atoms with E-state index in [0.29, 0.717) is 0 Å². The molecule has 2 nitrogen and oxygen atoms in total. The highest BCUT2D eigenvalue weighted by Crippen LogP contribution is 2.31. The molecular formula is C14H18N2. The van der Waals surface area contributed by atoms with E-state index in [4.69, 9.17) is 5.73 Å². The summed E-state index contributed by atoms with van der Waals surface area (Å²) in [5.41, 5.74) is 10.2. The number of pyridine rings is 1. The topological polar surface area (TPSA) is 38.9 Å². The van der Waals surface area contributed by atoms with Gasteiger partial charge in [0.15, 0.2) is 0 Å². The van der Waals surface area contributed by atoms with Gasteiger partial charge in [0.25, 0.3) is 0 Å². The van der Waals surface area contributed by atoms with Crippen LogP contribution in [-0.4, -0.2) is 4.98 Å². The van der Waals surface area contributed by atoms with Crippen LogP contribution in [-0.2, 0) is 5.41 Å². The third-order valence-electron chi connectivity index (χ3n) is 2.84. The number of hydrogen-bond acceptors (Lipinski definition) is 2. The van der Waals surface area contributed by atoms with Crippen LogP contribution in [0.25, 0.3) is 10.9 Å². The maximum atomic E-state index is 5.98. The SMILES string of the molecule is Cc1ccc2c(N)ccc(C(C)(C)C)c2n1. The molecule has 0 unspecified atom stereocenters. The molecule has 0 spiro atoms. The van der Waals surface area contributed by atoms with Gasteiger partial charge in [0.2, 0.25) is 0 Å². The van der Waals surface area contributed by atoms with Crippen LogP contribution >= 0.6 is 0 Å². The summed E-state index contributed by atoms with van der Waals surface area (Å²) in [6.45, 7) is 8.60. The van der Waals surface area contributed by atoms with Crippen molar-refractivity contribution in [3.8, 4) is 0 Å². The first-order valence-corrected chi connectivity index (χ1v) is 5.56. The van der Waals surface area contributed by atoms with Gasteiger partial charge in [-0.3, -0.25) is 4.98 Å². The number of anilines is 1. The highest BCUT2D eigenvalue weighted by Gasteiger charge is 2.18. The molecule has 0 bridgehead atoms. The Hall–Kier alpha value is -1.57. The quantitative estimate of drug-likeness (QED) is 0.682. The van der Waals surface area contributed by atoms with Crippen molar-refractivity contribution < 1.29 is 0 Å². The van der Waals surface area contributed by atoms with Gasteiger partial charge < -0.3 is 5.73 Å². The Bertz CT molecular complexity index is 536. The molecule has 0 aliphatic rings. The fraction of sp³-hybridized carbons (Fsp3) is 0.357. The summed E-state index contributed by atoms with van der Waals surface area (Å²) in [4.78, 5) is 4.62. The molecule has 2 aromatic rings. The first-order valence-electron chi connectivity index (χ1n) is 5.56. The van der Waals surface area contributed by atoms with Crippen molar-refractivity contribution in [1.82, 2.24) is 4.98 Å². The minimum absolute atomic E-state index is 0.0900. The molecule has 0 saturated carbocycles. The number of nitrogens with zero attached hydrogens (tertiary/aromatic N) is 1. The second-order valence-corrected chi connectivity index (χ2v) is 5.30. The number of aryl methyl sites for hydroxylation is 1. The maximum absolute atomic E-state index is 5.98. The zero-order chi connectivity index (χ0) is 11.9. The molecule has 84 valence electrons. The monoisotopic (exact) mass is 214 g/mol. The van der Waals surface area contributed by atoms with Crippen molar-refractivity contribution in [3.05, 3.63) is 35.5 Å². The lowest BCUT2D eigenvalue weighted by molar-refractivity contribution is 0.594. The first kappa shape index (κ1) is 10.9. The molecule has 2 heteroatoms. The van der Waals surface area contributed by atoms with Crippen LogP contribution in [0.5, 0.6) is 0 Å². The molecule has 0 fully saturated rings. The average molecular weight is 214 g/mol. The first-order chi connectivity index (χ1) is 7.39. The second-order valence-electron chi connectivity index (χ2n) is 5.30. The van der Waals surface area contributed by atoms with Gasteiger partial charge in [0.05, 0.1) is 5.52 Å². The van der Waals surface area contributed by atoms with Gasteiger partial charge in [0.1, 0.15) is 0 Å². The van der Waals surface area contributed by atoms with E-state index < -0.39 is 0 Å². The molecule has 0 radical (unpaired) electrons. The minimum Gasteiger partial charge on any atom is -0.398 e. The van der Waals surface area contributed by atoms with Crippen LogP contribution in [0.4, 0.5) is 5.69 Å². The van der Waals surface area contributed by atoms with E-state index in [-0.39, 0.29) is 5.41 Å². The highest BCUT2D eigenvalue weighted by molar-refractivity contribution is 5.93. The van der Waals surface area contributed by atoms with E-state index in [9.17, 15) is 0 Å². The Morgan fingerprint density at radius 3 is 2.38 bits per heavy atom. The van der Waals surface area contributed by atoms with Crippen LogP contribution in [0, 0.1) is 6.92 Å². The van der Waals surface area contributed by atoms with E-state index in [1.165, 1.54) is 5.56 Å². The smallest absolute Gasteiger partial charge is 0.0763 e. The lowest BCUT2D eigenvalue weighted by Crippen LogP contribution is -2.12. The molecule has 0 atom stereocenters. The molecule has 1 aromatic heterocycles. The molecule has 0 aliphatic carbocycles. The molecule has 2 rings (SSSR count). The van der Waals surface area contributed by atoms with E-state index in [1.54, 1.807) is 0 Å². The molecule has 0 saturated heterocycles. The third-order valence-corrected chi connectivity index (χ3v) is 2.84. The summed E-state index contributed by atoms with van der Waals surface area (Å²) >= 11 is 0. The number of benzene rings is 1. The van der Waals surface area contributed by atoms with Crippen LogP contribution in [0.2, 0.25) is 0 Å². The van der Waals surface area contributed by atoms with Crippen molar-refractivity contribution in [3.63, 3.8) is 0 Å². The third kappa shape index (κ3) is 1.75. The number of hydrogen-bond donors (Lipinski definition) is 1. The zero-order valence-corrected chi connectivity index (χ0v) is 10.3. The summed E-state index contributed by atoms with van der Waals surface area (Å²) in [6, 6.07) is 8.12. The lowest BCUT2D eigenvalue weighted by Gasteiger charge is -2.21. The summed E-state index contributed by atoms with van der Waals surface area (Å²) in [7, 11) is 0. The maximum Gasteiger partial charge on any atom is 0.0763 e. The van der Waals surface area contributed by atoms with E-state index in [2.05, 4.69) is 37.9 Å². The Kier molecular flexibility index (Phi) is 2.38. The van der Waals surface area contributed by atoms with Crippen LogP contribution in [0.15, 0.2) is 24.3 Å². The van der Waals surface area contributed by atoms with Gasteiger partial charge in [-0.25, -0.2) is 0 Å². The normalized spacial score (nSPS) is 12.0. The number of aromatic nitrogens is 1. The fourth-order valence-electron chi connectivity index (χ4n) is 1.94. The van der Waals surface area contributed by atoms with Crippen molar-refractivity contribution in [2.75, 3.05) is 5.73 Å². The minimum atomic E-state index is 0.0900. The Balaban J connectivity index is 2.86. The number of fused-ring (bicyclic) bond motifs is 1. The average Bonchev–Trinajstić information content (AvgIpc) is 2.15. The molecule has 1 aromatic carbocycles. The number of rotatable bonds is 0. The number of nitrogen functional groups attached to an aromatic ring is 1. The van der Waals surface area contributed by atoms with Crippen LogP contribution in [0.1, 0.15) is 32.0 Å². The van der Waals surface area contributed by atoms with Gasteiger partial charge in [-0.2, -0.15) is 0 Å². The van der Waals surface area contributed by atoms with Crippen LogP contribution in [0.3, 0.4) is 0 Å². The summed E-state index contributed by atoms with van der Waals surface area (Å²) in [5, 5.41) is 1.05. The molecular weight excluding hydrogens is 196 g/mol. The van der Waals surface area contributed by atoms with Crippen molar-refractivity contribution >= 4 is 16.6 Å². The fourth-order valence-corrected chi connectivity index (χ4v) is 1.94. The molecule has 0 aliphatic heterocycles. The Morgan fingerprint density at radius 1 is 1.06 bits per heavy atom. The van der Waals surface area contributed by atoms with Crippen molar-refractivity contribution in [1.29, 1.82) is 0 Å². The Morgan fingerprint density at radius 2 is 1.75 bits per heavy atom. The van der Waals surface area contributed by atoms with E-state index in [0.717, 1.165) is 22.3 Å².